The molecule has 24 heavy (non-hydrogen) atoms. The molecule has 0 radical (unpaired) electrons. The second-order valence-electron chi connectivity index (χ2n) is 4.94. The molecule has 1 amide bonds. The van der Waals surface area contributed by atoms with Gasteiger partial charge in [-0.2, -0.15) is 0 Å². The van der Waals surface area contributed by atoms with Gasteiger partial charge in [-0.25, -0.2) is 13.8 Å². The molecule has 1 aliphatic heterocycles. The van der Waals surface area contributed by atoms with Crippen LogP contribution in [-0.2, 0) is 11.2 Å². The van der Waals surface area contributed by atoms with Crippen molar-refractivity contribution in [3.63, 3.8) is 0 Å². The number of fused-ring (bicyclic) bond motifs is 1. The van der Waals surface area contributed by atoms with E-state index < -0.39 is 18.1 Å². The maximum Gasteiger partial charge on any atom is 0.264 e. The molecule has 0 saturated carbocycles. The first kappa shape index (κ1) is 16.4. The van der Waals surface area contributed by atoms with Crippen molar-refractivity contribution in [3.8, 4) is 11.4 Å². The van der Waals surface area contributed by atoms with Crippen LogP contribution in [-0.4, -0.2) is 35.0 Å². The predicted molar refractivity (Wildman–Crippen MR) is 85.4 cm³/mol. The van der Waals surface area contributed by atoms with Gasteiger partial charge in [0.15, 0.2) is 16.7 Å². The van der Waals surface area contributed by atoms with Gasteiger partial charge in [-0.3, -0.25) is 14.2 Å². The SMILES string of the molecule is CSc1nc2c(c(=O)n1-c1ccc(OCCF)c(F)c1)CC(=O)N2. The number of benzene rings is 1. The van der Waals surface area contributed by atoms with Crippen LogP contribution in [0.25, 0.3) is 5.69 Å². The van der Waals surface area contributed by atoms with E-state index in [2.05, 4.69) is 10.3 Å². The summed E-state index contributed by atoms with van der Waals surface area (Å²) in [6.45, 7) is -0.979. The highest BCUT2D eigenvalue weighted by atomic mass is 32.2. The Kier molecular flexibility index (Phi) is 4.52. The first-order chi connectivity index (χ1) is 11.5. The highest BCUT2D eigenvalue weighted by Gasteiger charge is 2.26. The summed E-state index contributed by atoms with van der Waals surface area (Å²) >= 11 is 1.19. The van der Waals surface area contributed by atoms with E-state index in [0.29, 0.717) is 5.16 Å². The van der Waals surface area contributed by atoms with Crippen LogP contribution in [0.4, 0.5) is 14.6 Å². The molecule has 2 aromatic rings. The molecule has 9 heteroatoms. The Bertz CT molecular complexity index is 870. The Hall–Kier alpha value is -2.42. The molecular formula is C15H13F2N3O3S. The summed E-state index contributed by atoms with van der Waals surface area (Å²) in [5.74, 6) is -0.870. The zero-order valence-electron chi connectivity index (χ0n) is 12.6. The van der Waals surface area contributed by atoms with E-state index in [1.165, 1.54) is 28.5 Å². The molecule has 2 heterocycles. The van der Waals surface area contributed by atoms with Crippen LogP contribution in [0.2, 0.25) is 0 Å². The van der Waals surface area contributed by atoms with Crippen molar-refractivity contribution in [2.75, 3.05) is 24.9 Å². The lowest BCUT2D eigenvalue weighted by Gasteiger charge is -2.13. The predicted octanol–water partition coefficient (Wildman–Crippen LogP) is 1.94. The van der Waals surface area contributed by atoms with Crippen molar-refractivity contribution in [1.29, 1.82) is 0 Å². The van der Waals surface area contributed by atoms with E-state index >= 15 is 0 Å². The van der Waals surface area contributed by atoms with Gasteiger partial charge in [-0.15, -0.1) is 0 Å². The highest BCUT2D eigenvalue weighted by Crippen LogP contribution is 2.26. The molecule has 0 spiro atoms. The molecule has 1 aliphatic rings. The molecule has 0 aliphatic carbocycles. The number of halogens is 2. The molecule has 1 N–H and O–H groups in total. The Morgan fingerprint density at radius 2 is 2.21 bits per heavy atom. The number of thioether (sulfide) groups is 1. The van der Waals surface area contributed by atoms with Crippen LogP contribution < -0.4 is 15.6 Å². The van der Waals surface area contributed by atoms with Crippen molar-refractivity contribution in [1.82, 2.24) is 9.55 Å². The lowest BCUT2D eigenvalue weighted by Crippen LogP contribution is -2.24. The molecule has 0 unspecified atom stereocenters. The molecule has 0 saturated heterocycles. The summed E-state index contributed by atoms with van der Waals surface area (Å²) in [6, 6.07) is 3.93. The number of aromatic nitrogens is 2. The van der Waals surface area contributed by atoms with E-state index in [1.807, 2.05) is 0 Å². The van der Waals surface area contributed by atoms with E-state index in [1.54, 1.807) is 6.26 Å². The fourth-order valence-corrected chi connectivity index (χ4v) is 2.95. The fourth-order valence-electron chi connectivity index (χ4n) is 2.39. The average molecular weight is 353 g/mol. The van der Waals surface area contributed by atoms with Gasteiger partial charge in [0.25, 0.3) is 5.56 Å². The van der Waals surface area contributed by atoms with E-state index in [4.69, 9.17) is 4.74 Å². The number of hydrogen-bond acceptors (Lipinski definition) is 5. The minimum Gasteiger partial charge on any atom is -0.488 e. The molecule has 0 bridgehead atoms. The van der Waals surface area contributed by atoms with Crippen LogP contribution in [0.1, 0.15) is 5.56 Å². The Balaban J connectivity index is 2.10. The second kappa shape index (κ2) is 6.60. The van der Waals surface area contributed by atoms with Crippen molar-refractivity contribution in [2.45, 2.75) is 11.6 Å². The topological polar surface area (TPSA) is 73.2 Å². The van der Waals surface area contributed by atoms with Gasteiger partial charge in [0.1, 0.15) is 19.1 Å². The van der Waals surface area contributed by atoms with Crippen molar-refractivity contribution in [3.05, 3.63) is 39.9 Å². The lowest BCUT2D eigenvalue weighted by atomic mass is 10.2. The van der Waals surface area contributed by atoms with Gasteiger partial charge in [0.2, 0.25) is 5.91 Å². The maximum absolute atomic E-state index is 14.1. The number of anilines is 1. The third-order valence-corrected chi connectivity index (χ3v) is 4.07. The van der Waals surface area contributed by atoms with E-state index in [-0.39, 0.29) is 41.8 Å². The Morgan fingerprint density at radius 3 is 2.88 bits per heavy atom. The average Bonchev–Trinajstić information content (AvgIpc) is 2.94. The van der Waals surface area contributed by atoms with Gasteiger partial charge in [0.05, 0.1) is 17.7 Å². The van der Waals surface area contributed by atoms with Crippen molar-refractivity contribution < 1.29 is 18.3 Å². The number of nitrogens with zero attached hydrogens (tertiary/aromatic N) is 2. The zero-order valence-corrected chi connectivity index (χ0v) is 13.5. The van der Waals surface area contributed by atoms with Crippen LogP contribution in [0.3, 0.4) is 0 Å². The first-order valence-electron chi connectivity index (χ1n) is 7.03. The first-order valence-corrected chi connectivity index (χ1v) is 8.26. The van der Waals surface area contributed by atoms with Gasteiger partial charge >= 0.3 is 0 Å². The van der Waals surface area contributed by atoms with Crippen LogP contribution in [0, 0.1) is 5.82 Å². The Morgan fingerprint density at radius 1 is 1.42 bits per heavy atom. The quantitative estimate of drug-likeness (QED) is 0.657. The number of amides is 1. The van der Waals surface area contributed by atoms with Crippen LogP contribution in [0.5, 0.6) is 5.75 Å². The smallest absolute Gasteiger partial charge is 0.264 e. The van der Waals surface area contributed by atoms with Gasteiger partial charge in [-0.1, -0.05) is 11.8 Å². The second-order valence-corrected chi connectivity index (χ2v) is 5.72. The van der Waals surface area contributed by atoms with E-state index in [0.717, 1.165) is 6.07 Å². The number of carbonyl (C=O) groups is 1. The number of rotatable bonds is 5. The molecule has 6 nitrogen and oxygen atoms in total. The molecule has 1 aromatic heterocycles. The molecule has 3 rings (SSSR count). The summed E-state index contributed by atoms with van der Waals surface area (Å²) in [6.07, 6.45) is 1.66. The third-order valence-electron chi connectivity index (χ3n) is 3.43. The van der Waals surface area contributed by atoms with Crippen molar-refractivity contribution >= 4 is 23.5 Å². The molecular weight excluding hydrogens is 340 g/mol. The molecule has 1 aromatic carbocycles. The summed E-state index contributed by atoms with van der Waals surface area (Å²) in [7, 11) is 0. The number of carbonyl (C=O) groups excluding carboxylic acids is 1. The zero-order chi connectivity index (χ0) is 17.3. The standard InChI is InChI=1S/C15H13F2N3O3S/c1-24-15-19-13-9(7-12(21)18-13)14(22)20(15)8-2-3-11(10(17)6-8)23-5-4-16/h2-3,6H,4-5,7H2,1H3,(H,18,21). The van der Waals surface area contributed by atoms with Gasteiger partial charge in [0, 0.05) is 6.07 Å². The molecule has 0 atom stereocenters. The minimum absolute atomic E-state index is 0.0595. The van der Waals surface area contributed by atoms with Crippen molar-refractivity contribution in [2.24, 2.45) is 0 Å². The lowest BCUT2D eigenvalue weighted by molar-refractivity contribution is -0.115. The summed E-state index contributed by atoms with van der Waals surface area (Å²) in [5.41, 5.74) is 0.0691. The summed E-state index contributed by atoms with van der Waals surface area (Å²) < 4.78 is 32.4. The molecule has 0 fully saturated rings. The summed E-state index contributed by atoms with van der Waals surface area (Å²) in [4.78, 5) is 28.4. The Labute approximate surface area is 139 Å². The fraction of sp³-hybridized carbons (Fsp3) is 0.267. The monoisotopic (exact) mass is 353 g/mol. The number of nitrogens with one attached hydrogen (secondary N) is 1. The number of alkyl halides is 1. The maximum atomic E-state index is 14.1. The largest absolute Gasteiger partial charge is 0.488 e. The van der Waals surface area contributed by atoms with Gasteiger partial charge < -0.3 is 10.1 Å². The van der Waals surface area contributed by atoms with Gasteiger partial charge in [-0.05, 0) is 18.4 Å². The number of ether oxygens (including phenoxy) is 1. The number of hydrogen-bond donors (Lipinski definition) is 1. The van der Waals surface area contributed by atoms with Crippen LogP contribution in [0.15, 0.2) is 28.2 Å². The molecule has 126 valence electrons. The normalized spacial score (nSPS) is 12.9. The summed E-state index contributed by atoms with van der Waals surface area (Å²) in [5, 5.41) is 2.85. The van der Waals surface area contributed by atoms with E-state index in [9.17, 15) is 18.4 Å². The third kappa shape index (κ3) is 2.86. The highest BCUT2D eigenvalue weighted by molar-refractivity contribution is 7.98. The van der Waals surface area contributed by atoms with Crippen LogP contribution >= 0.6 is 11.8 Å². The minimum atomic E-state index is -0.729.